The highest BCUT2D eigenvalue weighted by atomic mass is 19.1. The summed E-state index contributed by atoms with van der Waals surface area (Å²) in [5, 5.41) is 0. The summed E-state index contributed by atoms with van der Waals surface area (Å²) in [6, 6.07) is 4.66. The van der Waals surface area contributed by atoms with Crippen LogP contribution in [0.15, 0.2) is 18.2 Å². The average Bonchev–Trinajstić information content (AvgIpc) is 2.04. The number of aldehydes is 1. The molecule has 0 spiro atoms. The molecule has 0 unspecified atom stereocenters. The van der Waals surface area contributed by atoms with E-state index in [4.69, 9.17) is 0 Å². The van der Waals surface area contributed by atoms with Crippen molar-refractivity contribution in [3.63, 3.8) is 0 Å². The molecular weight excluding hydrogens is 143 g/mol. The molecule has 0 aliphatic rings. The summed E-state index contributed by atoms with van der Waals surface area (Å²) >= 11 is 0. The molecule has 0 N–H and O–H groups in total. The summed E-state index contributed by atoms with van der Waals surface area (Å²) in [6.07, 6.45) is 1.25. The highest BCUT2D eigenvalue weighted by Gasteiger charge is 2.03. The second-order valence-electron chi connectivity index (χ2n) is 2.28. The van der Waals surface area contributed by atoms with Crippen molar-refractivity contribution in [2.45, 2.75) is 13.3 Å². The van der Waals surface area contributed by atoms with E-state index < -0.39 is 5.82 Å². The van der Waals surface area contributed by atoms with Crippen LogP contribution >= 0.6 is 0 Å². The molecule has 0 aromatic heterocycles. The lowest BCUT2D eigenvalue weighted by atomic mass is 10.1. The maximum Gasteiger partial charge on any atom is 0.153 e. The largest absolute Gasteiger partial charge is 0.298 e. The van der Waals surface area contributed by atoms with Crippen LogP contribution in [0.5, 0.6) is 0 Å². The van der Waals surface area contributed by atoms with Gasteiger partial charge in [0.15, 0.2) is 6.29 Å². The van der Waals surface area contributed by atoms with Crippen LogP contribution < -0.4 is 0 Å². The molecule has 0 aliphatic heterocycles. The van der Waals surface area contributed by atoms with Crippen molar-refractivity contribution in [1.82, 2.24) is 0 Å². The van der Waals surface area contributed by atoms with Gasteiger partial charge in [-0.05, 0) is 18.1 Å². The summed E-state index contributed by atoms with van der Waals surface area (Å²) in [5.74, 6) is -0.431. The number of carbonyl (C=O) groups is 1. The molecule has 0 aliphatic carbocycles. The first-order chi connectivity index (χ1) is 5.29. The molecule has 0 amide bonds. The molecule has 0 saturated heterocycles. The molecule has 0 atom stereocenters. The van der Waals surface area contributed by atoms with E-state index in [-0.39, 0.29) is 5.56 Å². The number of carbonyl (C=O) groups excluding carboxylic acids is 1. The van der Waals surface area contributed by atoms with Crippen LogP contribution in [0.1, 0.15) is 22.8 Å². The van der Waals surface area contributed by atoms with Gasteiger partial charge in [0, 0.05) is 0 Å². The molecule has 2 heteroatoms. The molecule has 11 heavy (non-hydrogen) atoms. The normalized spacial score (nSPS) is 9.64. The van der Waals surface area contributed by atoms with Gasteiger partial charge >= 0.3 is 0 Å². The van der Waals surface area contributed by atoms with Crippen molar-refractivity contribution >= 4 is 6.29 Å². The fourth-order valence-electron chi connectivity index (χ4n) is 1.02. The van der Waals surface area contributed by atoms with E-state index in [2.05, 4.69) is 0 Å². The van der Waals surface area contributed by atoms with Gasteiger partial charge in [0.25, 0.3) is 0 Å². The predicted octanol–water partition coefficient (Wildman–Crippen LogP) is 2.20. The van der Waals surface area contributed by atoms with Crippen molar-refractivity contribution in [1.29, 1.82) is 0 Å². The topological polar surface area (TPSA) is 17.1 Å². The van der Waals surface area contributed by atoms with Gasteiger partial charge in [-0.2, -0.15) is 0 Å². The zero-order valence-corrected chi connectivity index (χ0v) is 6.30. The monoisotopic (exact) mass is 152 g/mol. The minimum absolute atomic E-state index is 0.190. The first-order valence-corrected chi connectivity index (χ1v) is 3.52. The molecule has 0 radical (unpaired) electrons. The summed E-state index contributed by atoms with van der Waals surface area (Å²) in [6.45, 7) is 1.89. The Bertz CT molecular complexity index is 268. The Hall–Kier alpha value is -1.18. The van der Waals surface area contributed by atoms with Crippen molar-refractivity contribution in [3.05, 3.63) is 35.1 Å². The number of hydrogen-bond donors (Lipinski definition) is 0. The van der Waals surface area contributed by atoms with Gasteiger partial charge in [0.2, 0.25) is 0 Å². The summed E-state index contributed by atoms with van der Waals surface area (Å²) in [5.41, 5.74) is 0.954. The highest BCUT2D eigenvalue weighted by Crippen LogP contribution is 2.11. The lowest BCUT2D eigenvalue weighted by molar-refractivity contribution is 0.111. The van der Waals surface area contributed by atoms with E-state index in [0.29, 0.717) is 12.7 Å². The standard InChI is InChI=1S/C9H9FO/c1-2-7-4-3-5-9(10)8(7)6-11/h3-6H,2H2,1H3. The Morgan fingerprint density at radius 1 is 1.55 bits per heavy atom. The molecule has 0 bridgehead atoms. The lowest BCUT2D eigenvalue weighted by Gasteiger charge is -2.00. The summed E-state index contributed by atoms with van der Waals surface area (Å²) in [4.78, 5) is 10.4. The summed E-state index contributed by atoms with van der Waals surface area (Å²) < 4.78 is 12.8. The van der Waals surface area contributed by atoms with Crippen LogP contribution in [0.4, 0.5) is 4.39 Å². The average molecular weight is 152 g/mol. The second kappa shape index (κ2) is 3.28. The molecule has 1 aromatic carbocycles. The van der Waals surface area contributed by atoms with Gasteiger partial charge in [-0.3, -0.25) is 4.79 Å². The molecule has 0 saturated carbocycles. The minimum atomic E-state index is -0.431. The number of halogens is 1. The Balaban J connectivity index is 3.24. The van der Waals surface area contributed by atoms with Gasteiger partial charge < -0.3 is 0 Å². The van der Waals surface area contributed by atoms with Gasteiger partial charge in [-0.1, -0.05) is 19.1 Å². The van der Waals surface area contributed by atoms with Gasteiger partial charge in [-0.25, -0.2) is 4.39 Å². The van der Waals surface area contributed by atoms with Crippen LogP contribution in [-0.2, 0) is 6.42 Å². The number of benzene rings is 1. The number of rotatable bonds is 2. The first-order valence-electron chi connectivity index (χ1n) is 3.52. The van der Waals surface area contributed by atoms with Crippen LogP contribution in [0.2, 0.25) is 0 Å². The fourth-order valence-corrected chi connectivity index (χ4v) is 1.02. The molecule has 0 fully saturated rings. The van der Waals surface area contributed by atoms with E-state index in [1.165, 1.54) is 6.07 Å². The SMILES string of the molecule is CCc1cccc(F)c1C=O. The Labute approximate surface area is 64.9 Å². The van der Waals surface area contributed by atoms with E-state index in [1.807, 2.05) is 6.92 Å². The Morgan fingerprint density at radius 3 is 2.73 bits per heavy atom. The molecule has 58 valence electrons. The molecule has 1 nitrogen and oxygen atoms in total. The van der Waals surface area contributed by atoms with Gasteiger partial charge in [0.05, 0.1) is 5.56 Å². The van der Waals surface area contributed by atoms with E-state index in [9.17, 15) is 9.18 Å². The zero-order valence-electron chi connectivity index (χ0n) is 6.30. The van der Waals surface area contributed by atoms with Crippen LogP contribution in [0.3, 0.4) is 0 Å². The summed E-state index contributed by atoms with van der Waals surface area (Å²) in [7, 11) is 0. The van der Waals surface area contributed by atoms with E-state index in [0.717, 1.165) is 5.56 Å². The highest BCUT2D eigenvalue weighted by molar-refractivity contribution is 5.77. The third kappa shape index (κ3) is 1.45. The molecular formula is C9H9FO. The molecule has 1 aromatic rings. The fraction of sp³-hybridized carbons (Fsp3) is 0.222. The molecule has 0 heterocycles. The first kappa shape index (κ1) is 7.92. The predicted molar refractivity (Wildman–Crippen MR) is 41.2 cm³/mol. The lowest BCUT2D eigenvalue weighted by Crippen LogP contribution is -1.94. The van der Waals surface area contributed by atoms with Crippen LogP contribution in [0, 0.1) is 5.82 Å². The third-order valence-electron chi connectivity index (χ3n) is 1.64. The Morgan fingerprint density at radius 2 is 2.27 bits per heavy atom. The zero-order chi connectivity index (χ0) is 8.27. The number of hydrogen-bond acceptors (Lipinski definition) is 1. The van der Waals surface area contributed by atoms with Crippen molar-refractivity contribution in [2.24, 2.45) is 0 Å². The van der Waals surface area contributed by atoms with Crippen molar-refractivity contribution in [3.8, 4) is 0 Å². The third-order valence-corrected chi connectivity index (χ3v) is 1.64. The maximum absolute atomic E-state index is 12.8. The minimum Gasteiger partial charge on any atom is -0.298 e. The smallest absolute Gasteiger partial charge is 0.153 e. The van der Waals surface area contributed by atoms with E-state index in [1.54, 1.807) is 12.1 Å². The number of aryl methyl sites for hydroxylation is 1. The van der Waals surface area contributed by atoms with Crippen molar-refractivity contribution in [2.75, 3.05) is 0 Å². The van der Waals surface area contributed by atoms with Gasteiger partial charge in [0.1, 0.15) is 5.82 Å². The Kier molecular flexibility index (Phi) is 2.36. The van der Waals surface area contributed by atoms with Crippen LogP contribution in [-0.4, -0.2) is 6.29 Å². The maximum atomic E-state index is 12.8. The second-order valence-corrected chi connectivity index (χ2v) is 2.28. The van der Waals surface area contributed by atoms with Crippen LogP contribution in [0.25, 0.3) is 0 Å². The van der Waals surface area contributed by atoms with Gasteiger partial charge in [-0.15, -0.1) is 0 Å². The van der Waals surface area contributed by atoms with E-state index >= 15 is 0 Å². The quantitative estimate of drug-likeness (QED) is 0.594. The van der Waals surface area contributed by atoms with Crippen molar-refractivity contribution < 1.29 is 9.18 Å². The molecule has 1 rings (SSSR count).